The van der Waals surface area contributed by atoms with Gasteiger partial charge in [0, 0.05) is 6.54 Å². The third-order valence-corrected chi connectivity index (χ3v) is 3.72. The van der Waals surface area contributed by atoms with Crippen LogP contribution in [0.25, 0.3) is 0 Å². The summed E-state index contributed by atoms with van der Waals surface area (Å²) in [4.78, 5) is 11.8. The van der Waals surface area contributed by atoms with Gasteiger partial charge < -0.3 is 9.84 Å². The Morgan fingerprint density at radius 1 is 1.47 bits per heavy atom. The van der Waals surface area contributed by atoms with E-state index in [9.17, 15) is 18.0 Å². The van der Waals surface area contributed by atoms with Crippen molar-refractivity contribution in [1.82, 2.24) is 5.32 Å². The summed E-state index contributed by atoms with van der Waals surface area (Å²) in [5, 5.41) is 11.6. The number of esters is 1. The number of β-amino-alcohol motifs (C(OH)–C–C–N with tert-alkyl or cyclic N) is 1. The monoisotopic (exact) mass is 283 g/mol. The van der Waals surface area contributed by atoms with Crippen molar-refractivity contribution in [3.8, 4) is 0 Å². The zero-order chi connectivity index (χ0) is 14.7. The minimum atomic E-state index is -4.69. The van der Waals surface area contributed by atoms with Crippen molar-refractivity contribution in [2.45, 2.75) is 50.4 Å². The Kier molecular flexibility index (Phi) is 5.20. The van der Waals surface area contributed by atoms with Gasteiger partial charge in [-0.05, 0) is 31.6 Å². The number of nitrogens with one attached hydrogen (secondary N) is 1. The molecular formula is C12H20F3NO3. The van der Waals surface area contributed by atoms with Gasteiger partial charge in [0.15, 0.2) is 6.10 Å². The van der Waals surface area contributed by atoms with Crippen LogP contribution in [0.5, 0.6) is 0 Å². The molecule has 1 aliphatic carbocycles. The number of rotatable bonds is 4. The molecule has 0 heterocycles. The molecule has 0 aliphatic heterocycles. The van der Waals surface area contributed by atoms with Crippen molar-refractivity contribution in [3.05, 3.63) is 0 Å². The van der Waals surface area contributed by atoms with Crippen LogP contribution in [0.4, 0.5) is 13.2 Å². The van der Waals surface area contributed by atoms with E-state index in [1.165, 1.54) is 7.11 Å². The van der Waals surface area contributed by atoms with Crippen LogP contribution in [-0.4, -0.2) is 42.5 Å². The summed E-state index contributed by atoms with van der Waals surface area (Å²) in [5.74, 6) is -0.124. The number of alkyl halides is 3. The lowest BCUT2D eigenvalue weighted by Crippen LogP contribution is -2.57. The van der Waals surface area contributed by atoms with Crippen molar-refractivity contribution in [2.24, 2.45) is 5.92 Å². The van der Waals surface area contributed by atoms with Gasteiger partial charge in [0.1, 0.15) is 5.54 Å². The highest BCUT2D eigenvalue weighted by Gasteiger charge is 2.45. The second-order valence-electron chi connectivity index (χ2n) is 5.19. The fraction of sp³-hybridized carbons (Fsp3) is 0.917. The fourth-order valence-electron chi connectivity index (χ4n) is 2.31. The van der Waals surface area contributed by atoms with E-state index < -0.39 is 30.3 Å². The molecule has 1 unspecified atom stereocenters. The van der Waals surface area contributed by atoms with Gasteiger partial charge in [-0.2, -0.15) is 13.2 Å². The molecule has 1 atom stereocenters. The predicted octanol–water partition coefficient (Wildman–Crippen LogP) is 1.62. The number of methoxy groups -OCH3 is 1. The third-order valence-electron chi connectivity index (χ3n) is 3.72. The molecule has 7 heteroatoms. The number of halogens is 3. The van der Waals surface area contributed by atoms with E-state index in [4.69, 9.17) is 5.11 Å². The molecule has 1 rings (SSSR count). The number of hydrogen-bond donors (Lipinski definition) is 2. The molecule has 0 aromatic heterocycles. The Labute approximate surface area is 110 Å². The SMILES string of the molecule is COC(=O)C1(NCC(O)C(F)(F)F)CCC(C)CC1. The Balaban J connectivity index is 2.69. The van der Waals surface area contributed by atoms with E-state index >= 15 is 0 Å². The van der Waals surface area contributed by atoms with Crippen molar-refractivity contribution in [2.75, 3.05) is 13.7 Å². The van der Waals surface area contributed by atoms with Crippen LogP contribution in [0, 0.1) is 5.92 Å². The summed E-state index contributed by atoms with van der Waals surface area (Å²) in [6.07, 6.45) is -4.84. The Morgan fingerprint density at radius 2 is 2.00 bits per heavy atom. The highest BCUT2D eigenvalue weighted by molar-refractivity contribution is 5.80. The number of carbonyl (C=O) groups excluding carboxylic acids is 1. The molecular weight excluding hydrogens is 263 g/mol. The molecule has 1 saturated carbocycles. The van der Waals surface area contributed by atoms with Crippen LogP contribution >= 0.6 is 0 Å². The second-order valence-corrected chi connectivity index (χ2v) is 5.19. The molecule has 0 amide bonds. The molecule has 0 aromatic rings. The average molecular weight is 283 g/mol. The smallest absolute Gasteiger partial charge is 0.415 e. The highest BCUT2D eigenvalue weighted by atomic mass is 19.4. The van der Waals surface area contributed by atoms with Crippen LogP contribution in [-0.2, 0) is 9.53 Å². The van der Waals surface area contributed by atoms with Crippen molar-refractivity contribution < 1.29 is 27.8 Å². The van der Waals surface area contributed by atoms with E-state index in [1.54, 1.807) is 0 Å². The minimum absolute atomic E-state index is 0.422. The fourth-order valence-corrected chi connectivity index (χ4v) is 2.31. The Morgan fingerprint density at radius 3 is 2.42 bits per heavy atom. The number of aliphatic hydroxyl groups excluding tert-OH is 1. The number of hydrogen-bond acceptors (Lipinski definition) is 4. The van der Waals surface area contributed by atoms with Gasteiger partial charge in [0.2, 0.25) is 0 Å². The normalized spacial score (nSPS) is 29.9. The number of carbonyl (C=O) groups is 1. The van der Waals surface area contributed by atoms with Crippen molar-refractivity contribution >= 4 is 5.97 Å². The summed E-state index contributed by atoms with van der Waals surface area (Å²) < 4.78 is 41.5. The maximum absolute atomic E-state index is 12.3. The lowest BCUT2D eigenvalue weighted by molar-refractivity contribution is -0.203. The number of aliphatic hydroxyl groups is 1. The first-order valence-electron chi connectivity index (χ1n) is 6.29. The van der Waals surface area contributed by atoms with Gasteiger partial charge in [0.05, 0.1) is 7.11 Å². The van der Waals surface area contributed by atoms with Gasteiger partial charge in [-0.3, -0.25) is 10.1 Å². The summed E-state index contributed by atoms with van der Waals surface area (Å²) in [7, 11) is 1.21. The van der Waals surface area contributed by atoms with Gasteiger partial charge >= 0.3 is 12.1 Å². The van der Waals surface area contributed by atoms with Gasteiger partial charge in [-0.1, -0.05) is 6.92 Å². The van der Waals surface area contributed by atoms with Crippen LogP contribution < -0.4 is 5.32 Å². The molecule has 112 valence electrons. The summed E-state index contributed by atoms with van der Waals surface area (Å²) in [6, 6.07) is 0. The molecule has 0 bridgehead atoms. The molecule has 2 N–H and O–H groups in total. The first kappa shape index (κ1) is 16.2. The van der Waals surface area contributed by atoms with Crippen LogP contribution in [0.3, 0.4) is 0 Å². The second kappa shape index (κ2) is 6.09. The Hall–Kier alpha value is -0.820. The lowest BCUT2D eigenvalue weighted by atomic mass is 9.77. The molecule has 0 radical (unpaired) electrons. The molecule has 0 aromatic carbocycles. The summed E-state index contributed by atoms with van der Waals surface area (Å²) in [5.41, 5.74) is -1.10. The third kappa shape index (κ3) is 4.07. The summed E-state index contributed by atoms with van der Waals surface area (Å²) in [6.45, 7) is 1.33. The van der Waals surface area contributed by atoms with E-state index in [-0.39, 0.29) is 0 Å². The van der Waals surface area contributed by atoms with E-state index in [0.29, 0.717) is 18.8 Å². The molecule has 0 saturated heterocycles. The maximum Gasteiger partial charge on any atom is 0.415 e. The lowest BCUT2D eigenvalue weighted by Gasteiger charge is -2.38. The van der Waals surface area contributed by atoms with Crippen molar-refractivity contribution in [1.29, 1.82) is 0 Å². The summed E-state index contributed by atoms with van der Waals surface area (Å²) >= 11 is 0. The maximum atomic E-state index is 12.3. The van der Waals surface area contributed by atoms with Crippen LogP contribution in [0.1, 0.15) is 32.6 Å². The Bertz CT molecular complexity index is 312. The molecule has 1 fully saturated rings. The van der Waals surface area contributed by atoms with Crippen LogP contribution in [0.2, 0.25) is 0 Å². The molecule has 1 aliphatic rings. The number of ether oxygens (including phenoxy) is 1. The predicted molar refractivity (Wildman–Crippen MR) is 62.4 cm³/mol. The quantitative estimate of drug-likeness (QED) is 0.770. The van der Waals surface area contributed by atoms with E-state index in [1.807, 2.05) is 6.92 Å². The van der Waals surface area contributed by atoms with Crippen molar-refractivity contribution in [3.63, 3.8) is 0 Å². The molecule has 19 heavy (non-hydrogen) atoms. The first-order chi connectivity index (χ1) is 8.71. The largest absolute Gasteiger partial charge is 0.468 e. The standard InChI is InChI=1S/C12H20F3NO3/c1-8-3-5-11(6-4-8,10(18)19-2)16-7-9(17)12(13,14)15/h8-9,16-17H,3-7H2,1-2H3. The zero-order valence-corrected chi connectivity index (χ0v) is 11.1. The van der Waals surface area contributed by atoms with Crippen LogP contribution in [0.15, 0.2) is 0 Å². The van der Waals surface area contributed by atoms with E-state index in [0.717, 1.165) is 12.8 Å². The van der Waals surface area contributed by atoms with Gasteiger partial charge in [-0.15, -0.1) is 0 Å². The van der Waals surface area contributed by atoms with E-state index in [2.05, 4.69) is 10.1 Å². The first-order valence-corrected chi connectivity index (χ1v) is 6.29. The molecule has 0 spiro atoms. The topological polar surface area (TPSA) is 58.6 Å². The van der Waals surface area contributed by atoms with Gasteiger partial charge in [0.25, 0.3) is 0 Å². The highest BCUT2D eigenvalue weighted by Crippen LogP contribution is 2.33. The average Bonchev–Trinajstić information content (AvgIpc) is 2.36. The zero-order valence-electron chi connectivity index (χ0n) is 11.1. The molecule has 4 nitrogen and oxygen atoms in total. The van der Waals surface area contributed by atoms with Gasteiger partial charge in [-0.25, -0.2) is 0 Å². The minimum Gasteiger partial charge on any atom is -0.468 e.